The van der Waals surface area contributed by atoms with Crippen LogP contribution >= 0.6 is 15.9 Å². The monoisotopic (exact) mass is 271 g/mol. The van der Waals surface area contributed by atoms with Gasteiger partial charge < -0.3 is 4.90 Å². The SMILES string of the molecule is O=C1[C@@H](Br)CCN1Cc1ccc(F)cc1. The summed E-state index contributed by atoms with van der Waals surface area (Å²) in [5.41, 5.74) is 0.964. The molecule has 0 radical (unpaired) electrons. The van der Waals surface area contributed by atoms with Crippen molar-refractivity contribution in [3.63, 3.8) is 0 Å². The fourth-order valence-electron chi connectivity index (χ4n) is 1.67. The first-order valence-corrected chi connectivity index (χ1v) is 5.75. The third-order valence-electron chi connectivity index (χ3n) is 2.52. The second-order valence-corrected chi connectivity index (χ2v) is 4.75. The summed E-state index contributed by atoms with van der Waals surface area (Å²) in [7, 11) is 0. The van der Waals surface area contributed by atoms with Gasteiger partial charge in [0.2, 0.25) is 5.91 Å². The Morgan fingerprint density at radius 1 is 1.40 bits per heavy atom. The Morgan fingerprint density at radius 2 is 2.07 bits per heavy atom. The standard InChI is InChI=1S/C11H11BrFNO/c12-10-5-6-14(11(10)15)7-8-1-3-9(13)4-2-8/h1-4,10H,5-7H2/t10-/m0/s1. The molecule has 4 heteroatoms. The fraction of sp³-hybridized carbons (Fsp3) is 0.364. The molecule has 0 spiro atoms. The molecule has 0 N–H and O–H groups in total. The summed E-state index contributed by atoms with van der Waals surface area (Å²) in [4.78, 5) is 13.3. The van der Waals surface area contributed by atoms with Gasteiger partial charge in [-0.2, -0.15) is 0 Å². The minimum atomic E-state index is -0.245. The molecule has 15 heavy (non-hydrogen) atoms. The molecular formula is C11H11BrFNO. The number of nitrogens with zero attached hydrogens (tertiary/aromatic N) is 1. The smallest absolute Gasteiger partial charge is 0.236 e. The zero-order valence-electron chi connectivity index (χ0n) is 8.12. The van der Waals surface area contributed by atoms with Crippen molar-refractivity contribution in [2.45, 2.75) is 17.8 Å². The zero-order chi connectivity index (χ0) is 10.8. The van der Waals surface area contributed by atoms with Crippen LogP contribution in [0.1, 0.15) is 12.0 Å². The maximum absolute atomic E-state index is 12.7. The quantitative estimate of drug-likeness (QED) is 0.757. The van der Waals surface area contributed by atoms with E-state index in [1.807, 2.05) is 0 Å². The van der Waals surface area contributed by atoms with Crippen LogP contribution in [-0.4, -0.2) is 22.2 Å². The van der Waals surface area contributed by atoms with Gasteiger partial charge in [0.15, 0.2) is 0 Å². The van der Waals surface area contributed by atoms with Crippen molar-refractivity contribution in [2.75, 3.05) is 6.54 Å². The molecule has 0 unspecified atom stereocenters. The lowest BCUT2D eigenvalue weighted by Gasteiger charge is -2.15. The number of likely N-dealkylation sites (tertiary alicyclic amines) is 1. The van der Waals surface area contributed by atoms with Crippen LogP contribution in [0, 0.1) is 5.82 Å². The molecule has 1 saturated heterocycles. The number of carbonyl (C=O) groups is 1. The lowest BCUT2D eigenvalue weighted by atomic mass is 10.2. The molecule has 0 saturated carbocycles. The van der Waals surface area contributed by atoms with E-state index in [9.17, 15) is 9.18 Å². The van der Waals surface area contributed by atoms with E-state index in [0.717, 1.165) is 18.5 Å². The van der Waals surface area contributed by atoms with Crippen molar-refractivity contribution in [2.24, 2.45) is 0 Å². The lowest BCUT2D eigenvalue weighted by molar-refractivity contribution is -0.127. The molecule has 0 aromatic heterocycles. The molecule has 80 valence electrons. The Hall–Kier alpha value is -0.900. The first-order chi connectivity index (χ1) is 7.16. The van der Waals surface area contributed by atoms with Crippen LogP contribution in [0.3, 0.4) is 0 Å². The topological polar surface area (TPSA) is 20.3 Å². The highest BCUT2D eigenvalue weighted by Crippen LogP contribution is 2.20. The number of benzene rings is 1. The number of halogens is 2. The van der Waals surface area contributed by atoms with Gasteiger partial charge in [0.25, 0.3) is 0 Å². The molecule has 2 nitrogen and oxygen atoms in total. The highest BCUT2D eigenvalue weighted by molar-refractivity contribution is 9.10. The van der Waals surface area contributed by atoms with Gasteiger partial charge in [-0.25, -0.2) is 4.39 Å². The first-order valence-electron chi connectivity index (χ1n) is 4.84. The number of carbonyl (C=O) groups excluding carboxylic acids is 1. The summed E-state index contributed by atoms with van der Waals surface area (Å²) < 4.78 is 12.7. The fourth-order valence-corrected chi connectivity index (χ4v) is 2.16. The van der Waals surface area contributed by atoms with Crippen LogP contribution in [-0.2, 0) is 11.3 Å². The average molecular weight is 272 g/mol. The van der Waals surface area contributed by atoms with Gasteiger partial charge in [0, 0.05) is 13.1 Å². The molecule has 1 aliphatic rings. The van der Waals surface area contributed by atoms with Crippen molar-refractivity contribution in [1.82, 2.24) is 4.90 Å². The van der Waals surface area contributed by atoms with E-state index in [4.69, 9.17) is 0 Å². The molecule has 1 atom stereocenters. The van der Waals surface area contributed by atoms with E-state index in [1.165, 1.54) is 12.1 Å². The van der Waals surface area contributed by atoms with E-state index < -0.39 is 0 Å². The molecule has 1 amide bonds. The summed E-state index contributed by atoms with van der Waals surface area (Å²) in [6.07, 6.45) is 0.847. The summed E-state index contributed by atoms with van der Waals surface area (Å²) in [6, 6.07) is 6.26. The zero-order valence-corrected chi connectivity index (χ0v) is 9.71. The highest BCUT2D eigenvalue weighted by Gasteiger charge is 2.28. The van der Waals surface area contributed by atoms with E-state index in [0.29, 0.717) is 6.54 Å². The van der Waals surface area contributed by atoms with Crippen molar-refractivity contribution >= 4 is 21.8 Å². The lowest BCUT2D eigenvalue weighted by Crippen LogP contribution is -2.26. The van der Waals surface area contributed by atoms with E-state index >= 15 is 0 Å². The Morgan fingerprint density at radius 3 is 2.60 bits per heavy atom. The normalized spacial score (nSPS) is 21.1. The van der Waals surface area contributed by atoms with Crippen LogP contribution < -0.4 is 0 Å². The van der Waals surface area contributed by atoms with Crippen LogP contribution in [0.2, 0.25) is 0 Å². The average Bonchev–Trinajstić information content (AvgIpc) is 2.53. The Balaban J connectivity index is 2.03. The molecular weight excluding hydrogens is 261 g/mol. The number of hydrogen-bond donors (Lipinski definition) is 0. The van der Waals surface area contributed by atoms with Gasteiger partial charge in [0.05, 0.1) is 4.83 Å². The maximum atomic E-state index is 12.7. The van der Waals surface area contributed by atoms with Crippen molar-refractivity contribution < 1.29 is 9.18 Å². The van der Waals surface area contributed by atoms with Crippen LogP contribution in [0.5, 0.6) is 0 Å². The number of hydrogen-bond acceptors (Lipinski definition) is 1. The van der Waals surface area contributed by atoms with E-state index in [2.05, 4.69) is 15.9 Å². The largest absolute Gasteiger partial charge is 0.337 e. The third kappa shape index (κ3) is 2.37. The molecule has 0 bridgehead atoms. The third-order valence-corrected chi connectivity index (χ3v) is 3.37. The van der Waals surface area contributed by atoms with Crippen molar-refractivity contribution in [3.8, 4) is 0 Å². The van der Waals surface area contributed by atoms with Gasteiger partial charge in [-0.05, 0) is 24.1 Å². The molecule has 1 aromatic carbocycles. The van der Waals surface area contributed by atoms with Crippen LogP contribution in [0.25, 0.3) is 0 Å². The Kier molecular flexibility index (Phi) is 3.05. The van der Waals surface area contributed by atoms with Crippen molar-refractivity contribution in [3.05, 3.63) is 35.6 Å². The predicted octanol–water partition coefficient (Wildman–Crippen LogP) is 2.32. The number of rotatable bonds is 2. The number of amides is 1. The van der Waals surface area contributed by atoms with Gasteiger partial charge >= 0.3 is 0 Å². The summed E-state index contributed by atoms with van der Waals surface area (Å²) in [5.74, 6) is -0.121. The Bertz CT molecular complexity index is 365. The Labute approximate surface area is 96.2 Å². The summed E-state index contributed by atoms with van der Waals surface area (Å²) in [5, 5.41) is 0. The molecule has 1 heterocycles. The number of alkyl halides is 1. The minimum Gasteiger partial charge on any atom is -0.337 e. The molecule has 1 fully saturated rings. The van der Waals surface area contributed by atoms with Crippen LogP contribution in [0.15, 0.2) is 24.3 Å². The van der Waals surface area contributed by atoms with Gasteiger partial charge in [-0.15, -0.1) is 0 Å². The van der Waals surface area contributed by atoms with Gasteiger partial charge in [0.1, 0.15) is 5.82 Å². The second kappa shape index (κ2) is 4.31. The summed E-state index contributed by atoms with van der Waals surface area (Å²) in [6.45, 7) is 1.34. The predicted molar refractivity (Wildman–Crippen MR) is 59.1 cm³/mol. The highest BCUT2D eigenvalue weighted by atomic mass is 79.9. The summed E-state index contributed by atoms with van der Waals surface area (Å²) >= 11 is 3.32. The van der Waals surface area contributed by atoms with Crippen LogP contribution in [0.4, 0.5) is 4.39 Å². The molecule has 2 rings (SSSR count). The van der Waals surface area contributed by atoms with Gasteiger partial charge in [-0.1, -0.05) is 28.1 Å². The minimum absolute atomic E-state index is 0.0436. The van der Waals surface area contributed by atoms with E-state index in [1.54, 1.807) is 17.0 Å². The maximum Gasteiger partial charge on any atom is 0.236 e. The van der Waals surface area contributed by atoms with E-state index in [-0.39, 0.29) is 16.6 Å². The molecule has 1 aromatic rings. The molecule has 0 aliphatic carbocycles. The van der Waals surface area contributed by atoms with Gasteiger partial charge in [-0.3, -0.25) is 4.79 Å². The molecule has 1 aliphatic heterocycles. The second-order valence-electron chi connectivity index (χ2n) is 3.64. The first kappa shape index (κ1) is 10.6. The van der Waals surface area contributed by atoms with Crippen molar-refractivity contribution in [1.29, 1.82) is 0 Å².